The largest absolute Gasteiger partial charge is 0.331 e. The monoisotopic (exact) mass is 471 g/mol. The van der Waals surface area contributed by atoms with E-state index in [-0.39, 0.29) is 22.9 Å². The molecule has 4 rings (SSSR count). The van der Waals surface area contributed by atoms with Gasteiger partial charge in [0.05, 0.1) is 20.9 Å². The number of carbonyl (C=O) groups is 1. The van der Waals surface area contributed by atoms with Gasteiger partial charge in [-0.2, -0.15) is 4.31 Å². The van der Waals surface area contributed by atoms with Crippen LogP contribution in [0.15, 0.2) is 47.4 Å². The molecule has 33 heavy (non-hydrogen) atoms. The van der Waals surface area contributed by atoms with Gasteiger partial charge >= 0.3 is 0 Å². The normalized spacial score (nSPS) is 14.9. The zero-order valence-corrected chi connectivity index (χ0v) is 19.0. The molecule has 1 amide bonds. The van der Waals surface area contributed by atoms with Crippen LogP contribution in [0.3, 0.4) is 0 Å². The van der Waals surface area contributed by atoms with Crippen molar-refractivity contribution >= 4 is 38.3 Å². The molecule has 174 valence electrons. The Balaban J connectivity index is 1.47. The van der Waals surface area contributed by atoms with Crippen molar-refractivity contribution in [3.63, 3.8) is 0 Å². The standard InChI is InChI=1S/C22H25N5O5S/c1-25-20-9-8-18(33(31,32)26-12-3-2-4-13-26)15-19(20)24-21(25)10-11-22(28)23-16-6-5-7-17(14-16)27(29)30/h5-9,14-15H,2-4,10-13H2,1H3,(H,23,28). The molecule has 0 bridgehead atoms. The number of imidazole rings is 1. The fourth-order valence-corrected chi connectivity index (χ4v) is 5.55. The van der Waals surface area contributed by atoms with E-state index in [1.54, 1.807) is 24.3 Å². The van der Waals surface area contributed by atoms with Crippen molar-refractivity contribution in [3.8, 4) is 0 Å². The number of rotatable bonds is 7. The van der Waals surface area contributed by atoms with Crippen LogP contribution in [0.2, 0.25) is 0 Å². The molecular formula is C22H25N5O5S. The average Bonchev–Trinajstić information content (AvgIpc) is 3.13. The van der Waals surface area contributed by atoms with Crippen molar-refractivity contribution in [2.24, 2.45) is 7.05 Å². The summed E-state index contributed by atoms with van der Waals surface area (Å²) in [6, 6.07) is 10.7. The smallest absolute Gasteiger partial charge is 0.271 e. The number of nitrogens with zero attached hydrogens (tertiary/aromatic N) is 4. The number of sulfonamides is 1. The molecule has 1 aliphatic rings. The number of nitrogens with one attached hydrogen (secondary N) is 1. The maximum atomic E-state index is 13.0. The van der Waals surface area contributed by atoms with E-state index in [2.05, 4.69) is 10.3 Å². The van der Waals surface area contributed by atoms with Crippen molar-refractivity contribution < 1.29 is 18.1 Å². The van der Waals surface area contributed by atoms with Crippen LogP contribution in [-0.2, 0) is 28.3 Å². The highest BCUT2D eigenvalue weighted by atomic mass is 32.2. The van der Waals surface area contributed by atoms with E-state index >= 15 is 0 Å². The molecular weight excluding hydrogens is 446 g/mol. The average molecular weight is 472 g/mol. The molecule has 0 atom stereocenters. The van der Waals surface area contributed by atoms with E-state index in [9.17, 15) is 23.3 Å². The summed E-state index contributed by atoms with van der Waals surface area (Å²) in [4.78, 5) is 27.5. The first kappa shape index (κ1) is 22.9. The van der Waals surface area contributed by atoms with Crippen molar-refractivity contribution in [3.05, 3.63) is 58.4 Å². The molecule has 11 heteroatoms. The van der Waals surface area contributed by atoms with Crippen LogP contribution < -0.4 is 5.32 Å². The van der Waals surface area contributed by atoms with Gasteiger partial charge < -0.3 is 9.88 Å². The highest BCUT2D eigenvalue weighted by molar-refractivity contribution is 7.89. The summed E-state index contributed by atoms with van der Waals surface area (Å²) in [5, 5.41) is 13.6. The molecule has 0 spiro atoms. The molecule has 3 aromatic rings. The first-order valence-corrected chi connectivity index (χ1v) is 12.2. The number of nitro benzene ring substituents is 1. The molecule has 0 aliphatic carbocycles. The van der Waals surface area contributed by atoms with Gasteiger partial charge in [0.15, 0.2) is 0 Å². The topological polar surface area (TPSA) is 127 Å². The van der Waals surface area contributed by atoms with Crippen LogP contribution >= 0.6 is 0 Å². The van der Waals surface area contributed by atoms with Gasteiger partial charge in [0.2, 0.25) is 15.9 Å². The lowest BCUT2D eigenvalue weighted by molar-refractivity contribution is -0.384. The van der Waals surface area contributed by atoms with Gasteiger partial charge in [-0.25, -0.2) is 13.4 Å². The van der Waals surface area contributed by atoms with Crippen LogP contribution in [0.5, 0.6) is 0 Å². The van der Waals surface area contributed by atoms with E-state index < -0.39 is 14.9 Å². The summed E-state index contributed by atoms with van der Waals surface area (Å²) in [5.74, 6) is 0.350. The number of aromatic nitrogens is 2. The fraction of sp³-hybridized carbons (Fsp3) is 0.364. The van der Waals surface area contributed by atoms with E-state index in [1.165, 1.54) is 22.5 Å². The van der Waals surface area contributed by atoms with Crippen molar-refractivity contribution in [2.75, 3.05) is 18.4 Å². The van der Waals surface area contributed by atoms with E-state index in [1.807, 2.05) is 11.6 Å². The summed E-state index contributed by atoms with van der Waals surface area (Å²) in [6.45, 7) is 1.07. The Morgan fingerprint density at radius 1 is 1.15 bits per heavy atom. The van der Waals surface area contributed by atoms with Gasteiger partial charge in [0.25, 0.3) is 5.69 Å². The predicted molar refractivity (Wildman–Crippen MR) is 123 cm³/mol. The number of non-ortho nitro benzene ring substituents is 1. The number of fused-ring (bicyclic) bond motifs is 1. The summed E-state index contributed by atoms with van der Waals surface area (Å²) >= 11 is 0. The number of nitro groups is 1. The van der Waals surface area contributed by atoms with Crippen LogP contribution in [0.1, 0.15) is 31.5 Å². The molecule has 0 unspecified atom stereocenters. The van der Waals surface area contributed by atoms with Gasteiger partial charge in [0.1, 0.15) is 5.82 Å². The van der Waals surface area contributed by atoms with E-state index in [0.717, 1.165) is 24.8 Å². The van der Waals surface area contributed by atoms with Gasteiger partial charge in [-0.3, -0.25) is 14.9 Å². The summed E-state index contributed by atoms with van der Waals surface area (Å²) < 4.78 is 29.3. The van der Waals surface area contributed by atoms with E-state index in [0.29, 0.717) is 36.5 Å². The van der Waals surface area contributed by atoms with Gasteiger partial charge in [-0.1, -0.05) is 12.5 Å². The zero-order valence-electron chi connectivity index (χ0n) is 18.2. The maximum absolute atomic E-state index is 13.0. The Labute approximate surface area is 191 Å². The number of amides is 1. The van der Waals surface area contributed by atoms with Crippen LogP contribution in [0.25, 0.3) is 11.0 Å². The molecule has 1 saturated heterocycles. The lowest BCUT2D eigenvalue weighted by atomic mass is 10.2. The third-order valence-electron chi connectivity index (χ3n) is 5.81. The zero-order chi connectivity index (χ0) is 23.6. The SMILES string of the molecule is Cn1c(CCC(=O)Nc2cccc([N+](=O)[O-])c2)nc2cc(S(=O)(=O)N3CCCCC3)ccc21. The van der Waals surface area contributed by atoms with Crippen LogP contribution in [-0.4, -0.2) is 46.2 Å². The molecule has 1 aliphatic heterocycles. The lowest BCUT2D eigenvalue weighted by Crippen LogP contribution is -2.35. The third-order valence-corrected chi connectivity index (χ3v) is 7.71. The Kier molecular flexibility index (Phi) is 6.43. The summed E-state index contributed by atoms with van der Waals surface area (Å²) in [5.41, 5.74) is 1.59. The van der Waals surface area contributed by atoms with Gasteiger partial charge in [0, 0.05) is 50.8 Å². The number of carbonyl (C=O) groups excluding carboxylic acids is 1. The second kappa shape index (κ2) is 9.28. The lowest BCUT2D eigenvalue weighted by Gasteiger charge is -2.25. The van der Waals surface area contributed by atoms with Gasteiger partial charge in [-0.05, 0) is 37.1 Å². The number of hydrogen-bond donors (Lipinski definition) is 1. The molecule has 2 heterocycles. The molecule has 10 nitrogen and oxygen atoms in total. The Hall–Kier alpha value is -3.31. The molecule has 2 aromatic carbocycles. The van der Waals surface area contributed by atoms with Crippen LogP contribution in [0.4, 0.5) is 11.4 Å². The minimum absolute atomic E-state index is 0.0986. The number of anilines is 1. The predicted octanol–water partition coefficient (Wildman–Crippen LogP) is 3.23. The highest BCUT2D eigenvalue weighted by Crippen LogP contribution is 2.25. The number of aryl methyl sites for hydroxylation is 2. The van der Waals surface area contributed by atoms with E-state index in [4.69, 9.17) is 0 Å². The fourth-order valence-electron chi connectivity index (χ4n) is 4.01. The Morgan fingerprint density at radius 2 is 1.91 bits per heavy atom. The molecule has 0 saturated carbocycles. The molecule has 0 radical (unpaired) electrons. The van der Waals surface area contributed by atoms with Gasteiger partial charge in [-0.15, -0.1) is 0 Å². The molecule has 1 fully saturated rings. The minimum atomic E-state index is -3.56. The van der Waals surface area contributed by atoms with Crippen molar-refractivity contribution in [2.45, 2.75) is 37.0 Å². The second-order valence-electron chi connectivity index (χ2n) is 8.06. The first-order chi connectivity index (χ1) is 15.8. The maximum Gasteiger partial charge on any atom is 0.271 e. The first-order valence-electron chi connectivity index (χ1n) is 10.8. The number of benzene rings is 2. The van der Waals surface area contributed by atoms with Crippen molar-refractivity contribution in [1.82, 2.24) is 13.9 Å². The Morgan fingerprint density at radius 3 is 2.64 bits per heavy atom. The molecule has 1 N–H and O–H groups in total. The van der Waals surface area contributed by atoms with Crippen molar-refractivity contribution in [1.29, 1.82) is 0 Å². The summed E-state index contributed by atoms with van der Waals surface area (Å²) in [6.07, 6.45) is 3.24. The Bertz CT molecular complexity index is 1310. The third kappa shape index (κ3) is 4.88. The van der Waals surface area contributed by atoms with Crippen LogP contribution in [0, 0.1) is 10.1 Å². The molecule has 1 aromatic heterocycles. The highest BCUT2D eigenvalue weighted by Gasteiger charge is 2.26. The number of hydrogen-bond acceptors (Lipinski definition) is 6. The number of piperidine rings is 1. The quantitative estimate of drug-likeness (QED) is 0.416. The summed E-state index contributed by atoms with van der Waals surface area (Å²) in [7, 11) is -1.73. The second-order valence-corrected chi connectivity index (χ2v) is 10.00. The minimum Gasteiger partial charge on any atom is -0.331 e.